The van der Waals surface area contributed by atoms with Crippen LogP contribution in [0.4, 0.5) is 10.8 Å². The summed E-state index contributed by atoms with van der Waals surface area (Å²) in [6, 6.07) is 3.55. The minimum Gasteiger partial charge on any atom is -0.301 e. The first-order valence-corrected chi connectivity index (χ1v) is 7.96. The molecule has 2 aromatic rings. The number of fused-ring (bicyclic) bond motifs is 1. The number of hydrogen-bond donors (Lipinski definition) is 1. The molecule has 0 spiro atoms. The third kappa shape index (κ3) is 3.35. The van der Waals surface area contributed by atoms with Gasteiger partial charge in [-0.1, -0.05) is 0 Å². The van der Waals surface area contributed by atoms with Crippen molar-refractivity contribution in [3.8, 4) is 0 Å². The summed E-state index contributed by atoms with van der Waals surface area (Å²) in [6.45, 7) is 0.0453. The Labute approximate surface area is 144 Å². The average molecular weight is 361 g/mol. The van der Waals surface area contributed by atoms with Crippen LogP contribution in [0.1, 0.15) is 33.6 Å². The van der Waals surface area contributed by atoms with E-state index in [1.807, 2.05) is 0 Å². The summed E-state index contributed by atoms with van der Waals surface area (Å²) in [6.07, 6.45) is 1.67. The van der Waals surface area contributed by atoms with Crippen LogP contribution in [0.2, 0.25) is 0 Å². The zero-order valence-corrected chi connectivity index (χ0v) is 13.5. The number of non-ortho nitro benzene ring substituents is 1. The van der Waals surface area contributed by atoms with Crippen molar-refractivity contribution >= 4 is 40.1 Å². The molecule has 0 fully saturated rings. The van der Waals surface area contributed by atoms with Gasteiger partial charge in [-0.15, -0.1) is 0 Å². The maximum atomic E-state index is 12.3. The van der Waals surface area contributed by atoms with Crippen LogP contribution in [0.3, 0.4) is 0 Å². The predicted molar refractivity (Wildman–Crippen MR) is 86.2 cm³/mol. The Morgan fingerprint density at radius 2 is 2.04 bits per heavy atom. The lowest BCUT2D eigenvalue weighted by atomic mass is 10.1. The Bertz CT molecular complexity index is 867. The smallest absolute Gasteiger partial charge is 0.270 e. The van der Waals surface area contributed by atoms with Gasteiger partial charge in [0, 0.05) is 36.6 Å². The lowest BCUT2D eigenvalue weighted by molar-refractivity contribution is -0.384. The molecular formula is C14H11N5O5S. The van der Waals surface area contributed by atoms with Gasteiger partial charge in [0.05, 0.1) is 16.1 Å². The second-order valence-corrected chi connectivity index (χ2v) is 5.93. The van der Waals surface area contributed by atoms with Gasteiger partial charge < -0.3 is 5.32 Å². The van der Waals surface area contributed by atoms with Gasteiger partial charge >= 0.3 is 0 Å². The first-order chi connectivity index (χ1) is 12.0. The summed E-state index contributed by atoms with van der Waals surface area (Å²) >= 11 is 1.04. The number of carbonyl (C=O) groups is 3. The summed E-state index contributed by atoms with van der Waals surface area (Å²) in [5.74, 6) is -1.41. The molecule has 3 rings (SSSR count). The highest BCUT2D eigenvalue weighted by molar-refractivity contribution is 7.09. The van der Waals surface area contributed by atoms with Gasteiger partial charge in [0.1, 0.15) is 6.33 Å². The Hall–Kier alpha value is -3.21. The number of imide groups is 1. The molecule has 0 bridgehead atoms. The lowest BCUT2D eigenvalue weighted by Gasteiger charge is -2.13. The molecule has 10 nitrogen and oxygen atoms in total. The maximum Gasteiger partial charge on any atom is 0.270 e. The zero-order chi connectivity index (χ0) is 18.0. The summed E-state index contributed by atoms with van der Waals surface area (Å²) in [5.41, 5.74) is -0.107. The molecule has 1 aromatic carbocycles. The van der Waals surface area contributed by atoms with Crippen LogP contribution in [-0.4, -0.2) is 43.4 Å². The van der Waals surface area contributed by atoms with Gasteiger partial charge in [0.25, 0.3) is 17.5 Å². The Kier molecular flexibility index (Phi) is 4.48. The summed E-state index contributed by atoms with van der Waals surface area (Å²) < 4.78 is 3.75. The predicted octanol–water partition coefficient (Wildman–Crippen LogP) is 1.46. The van der Waals surface area contributed by atoms with Crippen LogP contribution < -0.4 is 5.32 Å². The number of benzene rings is 1. The van der Waals surface area contributed by atoms with Crippen molar-refractivity contribution in [2.24, 2.45) is 0 Å². The lowest BCUT2D eigenvalue weighted by Crippen LogP contribution is -2.31. The van der Waals surface area contributed by atoms with Crippen molar-refractivity contribution in [3.63, 3.8) is 0 Å². The van der Waals surface area contributed by atoms with E-state index in [0.717, 1.165) is 22.5 Å². The fraction of sp³-hybridized carbons (Fsp3) is 0.214. The molecule has 0 saturated carbocycles. The molecule has 0 radical (unpaired) electrons. The van der Waals surface area contributed by atoms with Crippen molar-refractivity contribution in [3.05, 3.63) is 45.8 Å². The van der Waals surface area contributed by atoms with E-state index >= 15 is 0 Å². The van der Waals surface area contributed by atoms with Gasteiger partial charge in [-0.05, 0) is 12.5 Å². The molecule has 1 aromatic heterocycles. The molecule has 1 aliphatic heterocycles. The van der Waals surface area contributed by atoms with Crippen LogP contribution in [0, 0.1) is 10.1 Å². The molecule has 0 unspecified atom stereocenters. The number of rotatable bonds is 6. The minimum atomic E-state index is -0.626. The van der Waals surface area contributed by atoms with Crippen LogP contribution >= 0.6 is 11.5 Å². The summed E-state index contributed by atoms with van der Waals surface area (Å²) in [7, 11) is 0. The molecule has 25 heavy (non-hydrogen) atoms. The number of nitrogens with zero attached hydrogens (tertiary/aromatic N) is 4. The molecule has 1 aliphatic rings. The average Bonchev–Trinajstić information content (AvgIpc) is 3.17. The monoisotopic (exact) mass is 361 g/mol. The first kappa shape index (κ1) is 16.6. The van der Waals surface area contributed by atoms with Gasteiger partial charge in [0.15, 0.2) is 0 Å². The van der Waals surface area contributed by atoms with E-state index in [-0.39, 0.29) is 42.1 Å². The Morgan fingerprint density at radius 1 is 1.28 bits per heavy atom. The number of aromatic nitrogens is 2. The van der Waals surface area contributed by atoms with Crippen LogP contribution in [0.5, 0.6) is 0 Å². The van der Waals surface area contributed by atoms with Crippen LogP contribution in [-0.2, 0) is 4.79 Å². The second-order valence-electron chi connectivity index (χ2n) is 5.15. The quantitative estimate of drug-likeness (QED) is 0.467. The highest BCUT2D eigenvalue weighted by Gasteiger charge is 2.36. The number of anilines is 1. The van der Waals surface area contributed by atoms with Crippen molar-refractivity contribution in [1.82, 2.24) is 14.3 Å². The Balaban J connectivity index is 1.60. The van der Waals surface area contributed by atoms with Crippen LogP contribution in [0.25, 0.3) is 0 Å². The third-order valence-electron chi connectivity index (χ3n) is 3.56. The number of nitrogens with one attached hydrogen (secondary N) is 1. The maximum absolute atomic E-state index is 12.3. The molecule has 11 heteroatoms. The zero-order valence-electron chi connectivity index (χ0n) is 12.7. The topological polar surface area (TPSA) is 135 Å². The van der Waals surface area contributed by atoms with E-state index in [0.29, 0.717) is 5.13 Å². The van der Waals surface area contributed by atoms with Crippen molar-refractivity contribution in [2.75, 3.05) is 11.9 Å². The first-order valence-electron chi connectivity index (χ1n) is 7.18. The highest BCUT2D eigenvalue weighted by atomic mass is 32.1. The second kappa shape index (κ2) is 6.73. The SMILES string of the molecule is O=C(CCCN1C(=O)c2ccc([N+](=O)[O-])cc2C1=O)Nc1ncns1. The molecule has 0 atom stereocenters. The number of nitro groups is 1. The fourth-order valence-electron chi connectivity index (χ4n) is 2.40. The van der Waals surface area contributed by atoms with Crippen molar-refractivity contribution in [2.45, 2.75) is 12.8 Å². The normalized spacial score (nSPS) is 13.0. The summed E-state index contributed by atoms with van der Waals surface area (Å²) in [5, 5.41) is 13.7. The molecule has 1 N–H and O–H groups in total. The molecular weight excluding hydrogens is 350 g/mol. The van der Waals surface area contributed by atoms with E-state index in [9.17, 15) is 24.5 Å². The van der Waals surface area contributed by atoms with Crippen molar-refractivity contribution < 1.29 is 19.3 Å². The summed E-state index contributed by atoms with van der Waals surface area (Å²) in [4.78, 5) is 51.2. The fourth-order valence-corrected chi connectivity index (χ4v) is 2.85. The van der Waals surface area contributed by atoms with E-state index in [2.05, 4.69) is 14.7 Å². The molecule has 0 saturated heterocycles. The van der Waals surface area contributed by atoms with Gasteiger partial charge in [-0.3, -0.25) is 29.4 Å². The van der Waals surface area contributed by atoms with Crippen molar-refractivity contribution in [1.29, 1.82) is 0 Å². The van der Waals surface area contributed by atoms with Gasteiger partial charge in [0.2, 0.25) is 11.0 Å². The third-order valence-corrected chi connectivity index (χ3v) is 4.14. The number of carbonyl (C=O) groups excluding carboxylic acids is 3. The van der Waals surface area contributed by atoms with E-state index in [4.69, 9.17) is 0 Å². The number of amides is 3. The highest BCUT2D eigenvalue weighted by Crippen LogP contribution is 2.27. The van der Waals surface area contributed by atoms with Gasteiger partial charge in [-0.2, -0.15) is 4.37 Å². The van der Waals surface area contributed by atoms with Crippen LogP contribution in [0.15, 0.2) is 24.5 Å². The molecule has 0 aliphatic carbocycles. The van der Waals surface area contributed by atoms with Gasteiger partial charge in [-0.25, -0.2) is 4.98 Å². The number of nitro benzene ring substituents is 1. The molecule has 3 amide bonds. The molecule has 128 valence electrons. The largest absolute Gasteiger partial charge is 0.301 e. The van der Waals surface area contributed by atoms with E-state index in [1.54, 1.807) is 0 Å². The minimum absolute atomic E-state index is 0.0116. The standard InChI is InChI=1S/C14H11N5O5S/c20-11(17-14-15-7-16-25-14)2-1-5-18-12(21)9-4-3-8(19(23)24)6-10(9)13(18)22/h3-4,6-7H,1-2,5H2,(H,15,16,17,20). The number of hydrogen-bond acceptors (Lipinski definition) is 8. The van der Waals surface area contributed by atoms with E-state index < -0.39 is 16.7 Å². The Morgan fingerprint density at radius 3 is 2.72 bits per heavy atom. The molecule has 2 heterocycles. The van der Waals surface area contributed by atoms with E-state index in [1.165, 1.54) is 18.5 Å².